The summed E-state index contributed by atoms with van der Waals surface area (Å²) in [4.78, 5) is 20.4. The summed E-state index contributed by atoms with van der Waals surface area (Å²) in [6.07, 6.45) is 0. The Hall–Kier alpha value is -7.63. The topological polar surface area (TPSA) is 45.2 Å². The minimum atomic E-state index is 0.510. The largest absolute Gasteiger partial charge is 0.309 e. The van der Waals surface area contributed by atoms with Gasteiger partial charge in [0.05, 0.1) is 22.7 Å². The molecule has 0 unspecified atom stereocenters. The second-order valence-electron chi connectivity index (χ2n) is 16.2. The number of hydrogen-bond donors (Lipinski definition) is 0. The normalized spacial score (nSPS) is 11.1. The molecule has 5 heteroatoms. The van der Waals surface area contributed by atoms with Crippen molar-refractivity contribution in [3.05, 3.63) is 221 Å². The van der Waals surface area contributed by atoms with Crippen LogP contribution in [0.5, 0.6) is 0 Å². The molecule has 0 saturated heterocycles. The summed E-state index contributed by atoms with van der Waals surface area (Å²) in [7, 11) is 0. The van der Waals surface area contributed by atoms with E-state index in [-0.39, 0.29) is 0 Å². The zero-order chi connectivity index (χ0) is 42.7. The third-order valence-electron chi connectivity index (χ3n) is 11.3. The van der Waals surface area contributed by atoms with Gasteiger partial charge in [-0.15, -0.1) is 0 Å². The lowest BCUT2D eigenvalue weighted by molar-refractivity contribution is 1.02. The van der Waals surface area contributed by atoms with Crippen molar-refractivity contribution < 1.29 is 0 Å². The van der Waals surface area contributed by atoms with Gasteiger partial charge in [0.15, 0.2) is 11.6 Å². The first-order valence-corrected chi connectivity index (χ1v) is 21.2. The quantitative estimate of drug-likeness (QED) is 0.138. The van der Waals surface area contributed by atoms with Crippen LogP contribution in [0, 0.1) is 41.5 Å². The fourth-order valence-electron chi connectivity index (χ4n) is 8.80. The average Bonchev–Trinajstić information content (AvgIpc) is 3.29. The summed E-state index contributed by atoms with van der Waals surface area (Å²) in [5.74, 6) is 1.70. The predicted molar refractivity (Wildman–Crippen MR) is 259 cm³/mol. The van der Waals surface area contributed by atoms with Crippen LogP contribution in [0.2, 0.25) is 0 Å². The summed E-state index contributed by atoms with van der Waals surface area (Å²) in [5.41, 5.74) is 18.8. The van der Waals surface area contributed by atoms with Gasteiger partial charge >= 0.3 is 0 Å². The highest BCUT2D eigenvalue weighted by Crippen LogP contribution is 2.46. The van der Waals surface area contributed by atoms with Crippen molar-refractivity contribution in [2.75, 3.05) is 9.80 Å². The Bertz CT molecular complexity index is 2670. The minimum absolute atomic E-state index is 0.510. The first kappa shape index (κ1) is 39.8. The molecule has 0 bridgehead atoms. The molecule has 8 aromatic carbocycles. The lowest BCUT2D eigenvalue weighted by atomic mass is 9.97. The van der Waals surface area contributed by atoms with Crippen LogP contribution in [0.25, 0.3) is 45.0 Å². The van der Waals surface area contributed by atoms with Gasteiger partial charge in [-0.25, -0.2) is 4.98 Å². The summed E-state index contributed by atoms with van der Waals surface area (Å²) in [6, 6.07) is 66.2. The molecular weight excluding hydrogens is 755 g/mol. The molecule has 0 aliphatic carbocycles. The van der Waals surface area contributed by atoms with Gasteiger partial charge in [0.25, 0.3) is 0 Å². The van der Waals surface area contributed by atoms with Gasteiger partial charge in [-0.2, -0.15) is 9.97 Å². The smallest absolute Gasteiger partial charge is 0.238 e. The number of nitrogens with zero attached hydrogens (tertiary/aromatic N) is 5. The lowest BCUT2D eigenvalue weighted by Gasteiger charge is -2.33. The van der Waals surface area contributed by atoms with Gasteiger partial charge in [-0.3, -0.25) is 4.90 Å². The molecule has 62 heavy (non-hydrogen) atoms. The highest BCUT2D eigenvalue weighted by Gasteiger charge is 2.25. The lowest BCUT2D eigenvalue weighted by Crippen LogP contribution is -2.18. The van der Waals surface area contributed by atoms with Crippen molar-refractivity contribution in [3.63, 3.8) is 0 Å². The van der Waals surface area contributed by atoms with Crippen LogP contribution < -0.4 is 9.80 Å². The third-order valence-corrected chi connectivity index (χ3v) is 11.3. The molecule has 1 heterocycles. The Morgan fingerprint density at radius 1 is 0.290 bits per heavy atom. The predicted octanol–water partition coefficient (Wildman–Crippen LogP) is 15.3. The Balaban J connectivity index is 1.35. The van der Waals surface area contributed by atoms with E-state index in [1.807, 2.05) is 36.4 Å². The molecule has 0 aliphatic heterocycles. The molecule has 0 amide bonds. The highest BCUT2D eigenvalue weighted by molar-refractivity contribution is 5.88. The summed E-state index contributed by atoms with van der Waals surface area (Å²) in [6.45, 7) is 13.2. The van der Waals surface area contributed by atoms with Crippen molar-refractivity contribution in [2.45, 2.75) is 41.5 Å². The Morgan fingerprint density at radius 3 is 1.06 bits per heavy atom. The maximum absolute atomic E-state index is 5.34. The van der Waals surface area contributed by atoms with Crippen LogP contribution in [-0.4, -0.2) is 15.0 Å². The number of hydrogen-bond acceptors (Lipinski definition) is 5. The van der Waals surface area contributed by atoms with E-state index in [9.17, 15) is 0 Å². The van der Waals surface area contributed by atoms with Crippen LogP contribution in [0.3, 0.4) is 0 Å². The van der Waals surface area contributed by atoms with Crippen molar-refractivity contribution >= 4 is 34.4 Å². The molecule has 302 valence electrons. The summed E-state index contributed by atoms with van der Waals surface area (Å²) in [5, 5.41) is 0. The molecule has 0 N–H and O–H groups in total. The standard InChI is InChI=1S/C57H49N5/c1-38-30-40(3)53(41(4)31-38)62(54-42(5)32-39(2)33-43(54)6)51-29-19-28-50(37-51)61(52-35-48(44-20-11-7-12-21-44)34-49(36-52)45-22-13-8-14-23-45)57-59-55(46-24-15-9-16-25-46)58-56(60-57)47-26-17-10-18-27-47/h7-37H,1-6H3. The number of anilines is 6. The van der Waals surface area contributed by atoms with Crippen molar-refractivity contribution in [3.8, 4) is 45.0 Å². The molecule has 9 aromatic rings. The van der Waals surface area contributed by atoms with E-state index < -0.39 is 0 Å². The van der Waals surface area contributed by atoms with Crippen molar-refractivity contribution in [1.82, 2.24) is 15.0 Å². The molecule has 0 saturated carbocycles. The number of aryl methyl sites for hydroxylation is 6. The summed E-state index contributed by atoms with van der Waals surface area (Å²) >= 11 is 0. The number of benzene rings is 8. The fraction of sp³-hybridized carbons (Fsp3) is 0.105. The van der Waals surface area contributed by atoms with E-state index in [1.165, 1.54) is 44.8 Å². The number of rotatable bonds is 10. The Labute approximate surface area is 365 Å². The van der Waals surface area contributed by atoms with Crippen LogP contribution in [-0.2, 0) is 0 Å². The van der Waals surface area contributed by atoms with E-state index in [1.54, 1.807) is 0 Å². The molecule has 0 spiro atoms. The maximum Gasteiger partial charge on any atom is 0.238 e. The van der Waals surface area contributed by atoms with Crippen LogP contribution >= 0.6 is 0 Å². The van der Waals surface area contributed by atoms with Crippen LogP contribution in [0.1, 0.15) is 33.4 Å². The minimum Gasteiger partial charge on any atom is -0.309 e. The monoisotopic (exact) mass is 803 g/mol. The van der Waals surface area contributed by atoms with E-state index in [2.05, 4.69) is 203 Å². The second kappa shape index (κ2) is 17.2. The molecule has 9 rings (SSSR count). The molecule has 0 atom stereocenters. The highest BCUT2D eigenvalue weighted by atomic mass is 15.3. The Kier molecular flexibility index (Phi) is 11.0. The molecular formula is C57H49N5. The molecule has 0 aliphatic rings. The number of aromatic nitrogens is 3. The third kappa shape index (κ3) is 8.13. The van der Waals surface area contributed by atoms with Gasteiger partial charge in [-0.1, -0.05) is 163 Å². The van der Waals surface area contributed by atoms with Crippen LogP contribution in [0.4, 0.5) is 34.4 Å². The molecule has 0 radical (unpaired) electrons. The fourth-order valence-corrected chi connectivity index (χ4v) is 8.80. The summed E-state index contributed by atoms with van der Waals surface area (Å²) < 4.78 is 0. The van der Waals surface area contributed by atoms with Gasteiger partial charge in [0, 0.05) is 16.8 Å². The Morgan fingerprint density at radius 2 is 0.661 bits per heavy atom. The first-order chi connectivity index (χ1) is 30.2. The average molecular weight is 804 g/mol. The van der Waals surface area contributed by atoms with Gasteiger partial charge < -0.3 is 4.90 Å². The SMILES string of the molecule is Cc1cc(C)c(N(c2cccc(N(c3cc(-c4ccccc4)cc(-c4ccccc4)c3)c3nc(-c4ccccc4)nc(-c4ccccc4)n3)c2)c2c(C)cc(C)cc2C)c(C)c1. The second-order valence-corrected chi connectivity index (χ2v) is 16.2. The maximum atomic E-state index is 5.34. The van der Waals surface area contributed by atoms with Crippen LogP contribution in [0.15, 0.2) is 188 Å². The van der Waals surface area contributed by atoms with E-state index >= 15 is 0 Å². The molecule has 0 fully saturated rings. The van der Waals surface area contributed by atoms with E-state index in [0.29, 0.717) is 17.6 Å². The first-order valence-electron chi connectivity index (χ1n) is 21.2. The molecule has 1 aromatic heterocycles. The zero-order valence-electron chi connectivity index (χ0n) is 36.1. The van der Waals surface area contributed by atoms with Crippen molar-refractivity contribution in [1.29, 1.82) is 0 Å². The van der Waals surface area contributed by atoms with E-state index in [4.69, 9.17) is 15.0 Å². The van der Waals surface area contributed by atoms with Gasteiger partial charge in [-0.05, 0) is 122 Å². The van der Waals surface area contributed by atoms with E-state index in [0.717, 1.165) is 50.4 Å². The van der Waals surface area contributed by atoms with Gasteiger partial charge in [0.1, 0.15) is 0 Å². The van der Waals surface area contributed by atoms with Crippen molar-refractivity contribution in [2.24, 2.45) is 0 Å². The molecule has 5 nitrogen and oxygen atoms in total. The van der Waals surface area contributed by atoms with Gasteiger partial charge in [0.2, 0.25) is 5.95 Å². The zero-order valence-corrected chi connectivity index (χ0v) is 36.1.